The average Bonchev–Trinajstić information content (AvgIpc) is 2.73. The van der Waals surface area contributed by atoms with Crippen LogP contribution >= 0.6 is 0 Å². The molecule has 6 heteroatoms. The molecule has 0 aromatic rings. The molecule has 2 rings (SSSR count). The number of ether oxygens (including phenoxy) is 1. The Kier molecular flexibility index (Phi) is 3.99. The van der Waals surface area contributed by atoms with Gasteiger partial charge in [-0.3, -0.25) is 4.90 Å². The van der Waals surface area contributed by atoms with Crippen LogP contribution in [0.1, 0.15) is 33.1 Å². The van der Waals surface area contributed by atoms with Crippen molar-refractivity contribution in [3.63, 3.8) is 0 Å². The van der Waals surface area contributed by atoms with Gasteiger partial charge in [0.25, 0.3) is 0 Å². The molecule has 1 saturated heterocycles. The molecule has 0 bridgehead atoms. The molecular weight excluding hydrogens is 264 g/mol. The van der Waals surface area contributed by atoms with Crippen molar-refractivity contribution in [3.8, 4) is 0 Å². The fraction of sp³-hybridized carbons (Fsp3) is 1.00. The van der Waals surface area contributed by atoms with Crippen molar-refractivity contribution in [2.45, 2.75) is 49.4 Å². The third-order valence-electron chi connectivity index (χ3n) is 4.73. The van der Waals surface area contributed by atoms with E-state index in [-0.39, 0.29) is 10.8 Å². The monoisotopic (exact) mass is 290 g/mol. The predicted molar refractivity (Wildman–Crippen MR) is 75.9 cm³/mol. The molecule has 2 atom stereocenters. The smallest absolute Gasteiger partial charge is 0.152 e. The van der Waals surface area contributed by atoms with Crippen LogP contribution in [0.2, 0.25) is 0 Å². The first kappa shape index (κ1) is 15.2. The lowest BCUT2D eigenvalue weighted by molar-refractivity contribution is -0.101. The summed E-state index contributed by atoms with van der Waals surface area (Å²) in [6.45, 7) is 6.67. The highest BCUT2D eigenvalue weighted by Gasteiger charge is 2.54. The maximum atomic E-state index is 12.1. The molecule has 5 nitrogen and oxygen atoms in total. The summed E-state index contributed by atoms with van der Waals surface area (Å²) < 4.78 is 29.8. The van der Waals surface area contributed by atoms with E-state index in [1.807, 2.05) is 0 Å². The van der Waals surface area contributed by atoms with Crippen molar-refractivity contribution in [1.29, 1.82) is 0 Å². The number of nitrogens with zero attached hydrogens (tertiary/aromatic N) is 1. The van der Waals surface area contributed by atoms with Crippen molar-refractivity contribution >= 4 is 9.84 Å². The van der Waals surface area contributed by atoms with Gasteiger partial charge >= 0.3 is 0 Å². The van der Waals surface area contributed by atoms with E-state index < -0.39 is 15.4 Å². The third kappa shape index (κ3) is 2.55. The van der Waals surface area contributed by atoms with Crippen LogP contribution in [0.3, 0.4) is 0 Å². The van der Waals surface area contributed by atoms with E-state index in [0.29, 0.717) is 19.8 Å². The summed E-state index contributed by atoms with van der Waals surface area (Å²) in [4.78, 5) is 2.31. The van der Waals surface area contributed by atoms with E-state index in [9.17, 15) is 8.42 Å². The SMILES string of the molecule is CC1(C)COCCN1C1(CN)CCCC1S(C)(=O)=O. The first-order chi connectivity index (χ1) is 8.74. The fourth-order valence-electron chi connectivity index (χ4n) is 3.97. The quantitative estimate of drug-likeness (QED) is 0.814. The Morgan fingerprint density at radius 2 is 2.11 bits per heavy atom. The highest BCUT2D eigenvalue weighted by Crippen LogP contribution is 2.42. The summed E-state index contributed by atoms with van der Waals surface area (Å²) in [5.74, 6) is 0. The molecule has 1 aliphatic heterocycles. The zero-order chi connectivity index (χ0) is 14.3. The van der Waals surface area contributed by atoms with Gasteiger partial charge in [0.15, 0.2) is 9.84 Å². The minimum Gasteiger partial charge on any atom is -0.378 e. The van der Waals surface area contributed by atoms with Gasteiger partial charge in [-0.05, 0) is 26.7 Å². The number of nitrogens with two attached hydrogens (primary N) is 1. The first-order valence-corrected chi connectivity index (χ1v) is 8.94. The normalized spacial score (nSPS) is 36.5. The average molecular weight is 290 g/mol. The molecule has 2 unspecified atom stereocenters. The highest BCUT2D eigenvalue weighted by atomic mass is 32.2. The lowest BCUT2D eigenvalue weighted by Gasteiger charge is -2.54. The topological polar surface area (TPSA) is 72.6 Å². The Hall–Kier alpha value is -0.170. The van der Waals surface area contributed by atoms with Gasteiger partial charge in [-0.1, -0.05) is 6.42 Å². The minimum atomic E-state index is -3.08. The Balaban J connectivity index is 2.41. The van der Waals surface area contributed by atoms with Gasteiger partial charge in [0, 0.05) is 24.9 Å². The van der Waals surface area contributed by atoms with Crippen molar-refractivity contribution in [1.82, 2.24) is 4.90 Å². The summed E-state index contributed by atoms with van der Waals surface area (Å²) in [6, 6.07) is 0. The minimum absolute atomic E-state index is 0.162. The van der Waals surface area contributed by atoms with Gasteiger partial charge < -0.3 is 10.5 Å². The predicted octanol–water partition coefficient (Wildman–Crippen LogP) is 0.392. The lowest BCUT2D eigenvalue weighted by atomic mass is 9.87. The van der Waals surface area contributed by atoms with Crippen molar-refractivity contribution in [2.75, 3.05) is 32.6 Å². The van der Waals surface area contributed by atoms with E-state index in [0.717, 1.165) is 25.8 Å². The molecule has 1 aliphatic carbocycles. The van der Waals surface area contributed by atoms with Crippen LogP contribution in [0.5, 0.6) is 0 Å². The molecule has 0 amide bonds. The maximum Gasteiger partial charge on any atom is 0.152 e. The van der Waals surface area contributed by atoms with Gasteiger partial charge in [-0.25, -0.2) is 8.42 Å². The Bertz CT molecular complexity index is 435. The van der Waals surface area contributed by atoms with E-state index >= 15 is 0 Å². The van der Waals surface area contributed by atoms with Crippen LogP contribution in [0.15, 0.2) is 0 Å². The van der Waals surface area contributed by atoms with Crippen LogP contribution < -0.4 is 5.73 Å². The summed E-state index contributed by atoms with van der Waals surface area (Å²) in [6.07, 6.45) is 3.87. The van der Waals surface area contributed by atoms with E-state index in [2.05, 4.69) is 18.7 Å². The fourth-order valence-corrected chi connectivity index (χ4v) is 5.71. The van der Waals surface area contributed by atoms with Gasteiger partial charge in [0.1, 0.15) is 0 Å². The Labute approximate surface area is 116 Å². The third-order valence-corrected chi connectivity index (χ3v) is 6.44. The molecule has 112 valence electrons. The molecule has 19 heavy (non-hydrogen) atoms. The number of sulfone groups is 1. The largest absolute Gasteiger partial charge is 0.378 e. The second kappa shape index (κ2) is 4.98. The van der Waals surface area contributed by atoms with Crippen molar-refractivity contribution in [3.05, 3.63) is 0 Å². The number of rotatable bonds is 3. The first-order valence-electron chi connectivity index (χ1n) is 6.98. The van der Waals surface area contributed by atoms with Crippen LogP contribution in [-0.4, -0.2) is 62.2 Å². The van der Waals surface area contributed by atoms with Gasteiger partial charge in [-0.15, -0.1) is 0 Å². The van der Waals surface area contributed by atoms with Crippen LogP contribution in [-0.2, 0) is 14.6 Å². The van der Waals surface area contributed by atoms with Crippen molar-refractivity contribution in [2.24, 2.45) is 5.73 Å². The second-order valence-corrected chi connectivity index (χ2v) is 8.76. The maximum absolute atomic E-state index is 12.1. The van der Waals surface area contributed by atoms with E-state index in [4.69, 9.17) is 10.5 Å². The lowest BCUT2D eigenvalue weighted by Crippen LogP contribution is -2.69. The molecule has 2 fully saturated rings. The summed E-state index contributed by atoms with van der Waals surface area (Å²) in [5.41, 5.74) is 5.48. The summed E-state index contributed by atoms with van der Waals surface area (Å²) >= 11 is 0. The number of hydrogen-bond acceptors (Lipinski definition) is 5. The number of hydrogen-bond donors (Lipinski definition) is 1. The van der Waals surface area contributed by atoms with E-state index in [1.54, 1.807) is 0 Å². The molecule has 0 aromatic heterocycles. The molecule has 2 N–H and O–H groups in total. The zero-order valence-corrected chi connectivity index (χ0v) is 13.0. The Morgan fingerprint density at radius 3 is 2.63 bits per heavy atom. The van der Waals surface area contributed by atoms with Crippen LogP contribution in [0.4, 0.5) is 0 Å². The molecule has 1 heterocycles. The van der Waals surface area contributed by atoms with E-state index in [1.165, 1.54) is 6.26 Å². The zero-order valence-electron chi connectivity index (χ0n) is 12.2. The summed E-state index contributed by atoms with van der Waals surface area (Å²) in [5, 5.41) is -0.345. The van der Waals surface area contributed by atoms with Gasteiger partial charge in [-0.2, -0.15) is 0 Å². The second-order valence-electron chi connectivity index (χ2n) is 6.53. The van der Waals surface area contributed by atoms with Crippen molar-refractivity contribution < 1.29 is 13.2 Å². The molecule has 2 aliphatic rings. The van der Waals surface area contributed by atoms with Gasteiger partial charge in [0.2, 0.25) is 0 Å². The molecule has 0 aromatic carbocycles. The van der Waals surface area contributed by atoms with Crippen LogP contribution in [0.25, 0.3) is 0 Å². The Morgan fingerprint density at radius 1 is 1.42 bits per heavy atom. The van der Waals surface area contributed by atoms with Gasteiger partial charge in [0.05, 0.1) is 24.0 Å². The summed E-state index contributed by atoms with van der Waals surface area (Å²) in [7, 11) is -3.08. The molecule has 0 radical (unpaired) electrons. The molecule has 1 saturated carbocycles. The standard InChI is InChI=1S/C13H26N2O3S/c1-12(2)10-18-8-7-15(12)13(9-14)6-4-5-11(13)19(3,16)17/h11H,4-10,14H2,1-3H3. The molecule has 0 spiro atoms. The number of morpholine rings is 1. The molecular formula is C13H26N2O3S. The van der Waals surface area contributed by atoms with Crippen LogP contribution in [0, 0.1) is 0 Å². The highest BCUT2D eigenvalue weighted by molar-refractivity contribution is 7.91.